The number of hydrogen-bond acceptors (Lipinski definition) is 5. The van der Waals surface area contributed by atoms with Crippen molar-refractivity contribution in [3.05, 3.63) is 94.5 Å². The Morgan fingerprint density at radius 1 is 0.781 bits per heavy atom. The number of rotatable bonds is 5. The first kappa shape index (κ1) is 21.7. The molecule has 4 rings (SSSR count). The van der Waals surface area contributed by atoms with Crippen LogP contribution in [0.1, 0.15) is 10.4 Å². The zero-order chi connectivity index (χ0) is 22.7. The molecule has 0 aromatic heterocycles. The van der Waals surface area contributed by atoms with E-state index in [1.54, 1.807) is 17.0 Å². The standard InChI is InChI=1S/C23H21N3O5S/c27-23(20-8-6-19(7-9-20)18-4-2-1-3-5-18)24-14-16-25(17-15-24)32(30,31)22-12-10-21(11-13-22)26(28)29/h1-13H,14-17H2. The van der Waals surface area contributed by atoms with Crippen molar-refractivity contribution in [2.45, 2.75) is 4.90 Å². The van der Waals surface area contributed by atoms with Gasteiger partial charge in [0.05, 0.1) is 9.82 Å². The highest BCUT2D eigenvalue weighted by atomic mass is 32.2. The Hall–Kier alpha value is -3.56. The summed E-state index contributed by atoms with van der Waals surface area (Å²) < 4.78 is 27.0. The van der Waals surface area contributed by atoms with Crippen molar-refractivity contribution in [1.82, 2.24) is 9.21 Å². The Bertz CT molecular complexity index is 1220. The molecule has 0 bridgehead atoms. The minimum atomic E-state index is -3.78. The van der Waals surface area contributed by atoms with Gasteiger partial charge in [0.25, 0.3) is 11.6 Å². The topological polar surface area (TPSA) is 101 Å². The molecule has 9 heteroatoms. The van der Waals surface area contributed by atoms with Crippen LogP contribution in [0.4, 0.5) is 5.69 Å². The van der Waals surface area contributed by atoms with Crippen LogP contribution in [0.15, 0.2) is 83.8 Å². The van der Waals surface area contributed by atoms with Gasteiger partial charge in [-0.1, -0.05) is 42.5 Å². The van der Waals surface area contributed by atoms with Crippen LogP contribution >= 0.6 is 0 Å². The van der Waals surface area contributed by atoms with Crippen LogP contribution in [0, 0.1) is 10.1 Å². The summed E-state index contributed by atoms with van der Waals surface area (Å²) in [5.74, 6) is -0.142. The maximum Gasteiger partial charge on any atom is 0.269 e. The van der Waals surface area contributed by atoms with Crippen molar-refractivity contribution in [2.75, 3.05) is 26.2 Å². The molecule has 0 saturated carbocycles. The number of nitro groups is 1. The van der Waals surface area contributed by atoms with Crippen LogP contribution in [-0.4, -0.2) is 54.6 Å². The molecule has 3 aromatic carbocycles. The second-order valence-corrected chi connectivity index (χ2v) is 9.33. The summed E-state index contributed by atoms with van der Waals surface area (Å²) in [6, 6.07) is 22.0. The van der Waals surface area contributed by atoms with Crippen molar-refractivity contribution in [3.8, 4) is 11.1 Å². The number of nitro benzene ring substituents is 1. The van der Waals surface area contributed by atoms with Gasteiger partial charge in [0, 0.05) is 43.9 Å². The van der Waals surface area contributed by atoms with Crippen molar-refractivity contribution in [1.29, 1.82) is 0 Å². The number of hydrogen-bond donors (Lipinski definition) is 0. The molecule has 1 fully saturated rings. The van der Waals surface area contributed by atoms with Gasteiger partial charge in [-0.15, -0.1) is 0 Å². The summed E-state index contributed by atoms with van der Waals surface area (Å²) in [4.78, 5) is 24.7. The van der Waals surface area contributed by atoms with E-state index in [1.807, 2.05) is 42.5 Å². The first-order valence-corrected chi connectivity index (χ1v) is 11.5. The number of nitrogens with zero attached hydrogens (tertiary/aromatic N) is 3. The number of piperazine rings is 1. The van der Waals surface area contributed by atoms with Crippen molar-refractivity contribution >= 4 is 21.6 Å². The molecule has 0 atom stereocenters. The molecule has 0 radical (unpaired) electrons. The van der Waals surface area contributed by atoms with E-state index in [-0.39, 0.29) is 42.7 Å². The number of non-ortho nitro benzene ring substituents is 1. The summed E-state index contributed by atoms with van der Waals surface area (Å²) in [6.45, 7) is 0.858. The minimum Gasteiger partial charge on any atom is -0.336 e. The Balaban J connectivity index is 1.40. The fraction of sp³-hybridized carbons (Fsp3) is 0.174. The van der Waals surface area contributed by atoms with Crippen LogP contribution in [-0.2, 0) is 10.0 Å². The second-order valence-electron chi connectivity index (χ2n) is 7.39. The minimum absolute atomic E-state index is 0.000577. The third-order valence-corrected chi connectivity index (χ3v) is 7.36. The van der Waals surface area contributed by atoms with E-state index in [1.165, 1.54) is 28.6 Å². The molecule has 3 aromatic rings. The Morgan fingerprint density at radius 2 is 1.34 bits per heavy atom. The van der Waals surface area contributed by atoms with Crippen molar-refractivity contribution in [2.24, 2.45) is 0 Å². The molecule has 1 amide bonds. The average molecular weight is 452 g/mol. The van der Waals surface area contributed by atoms with E-state index < -0.39 is 14.9 Å². The van der Waals surface area contributed by atoms with Crippen LogP contribution in [0.2, 0.25) is 0 Å². The molecule has 0 aliphatic carbocycles. The largest absolute Gasteiger partial charge is 0.336 e. The Labute approximate surface area is 185 Å². The van der Waals surface area contributed by atoms with E-state index in [0.29, 0.717) is 5.56 Å². The summed E-state index contributed by atoms with van der Waals surface area (Å²) in [6.07, 6.45) is 0. The molecule has 8 nitrogen and oxygen atoms in total. The van der Waals surface area contributed by atoms with Crippen LogP contribution < -0.4 is 0 Å². The number of amides is 1. The van der Waals surface area contributed by atoms with E-state index >= 15 is 0 Å². The molecular weight excluding hydrogens is 430 g/mol. The highest BCUT2D eigenvalue weighted by Crippen LogP contribution is 2.23. The zero-order valence-electron chi connectivity index (χ0n) is 17.1. The van der Waals surface area contributed by atoms with Crippen molar-refractivity contribution in [3.63, 3.8) is 0 Å². The number of benzene rings is 3. The normalized spacial score (nSPS) is 14.8. The summed E-state index contributed by atoms with van der Waals surface area (Å²) in [5, 5.41) is 10.8. The third-order valence-electron chi connectivity index (χ3n) is 5.45. The van der Waals surface area contributed by atoms with Gasteiger partial charge >= 0.3 is 0 Å². The number of carbonyl (C=O) groups is 1. The molecule has 1 aliphatic rings. The quantitative estimate of drug-likeness (QED) is 0.437. The van der Waals surface area contributed by atoms with Gasteiger partial charge < -0.3 is 4.90 Å². The molecule has 32 heavy (non-hydrogen) atoms. The Kier molecular flexibility index (Phi) is 6.02. The van der Waals surface area contributed by atoms with E-state index in [4.69, 9.17) is 0 Å². The first-order valence-electron chi connectivity index (χ1n) is 10.1. The molecular formula is C23H21N3O5S. The van der Waals surface area contributed by atoms with Gasteiger partial charge in [-0.3, -0.25) is 14.9 Å². The van der Waals surface area contributed by atoms with Gasteiger partial charge in [-0.25, -0.2) is 8.42 Å². The van der Waals surface area contributed by atoms with E-state index in [0.717, 1.165) is 11.1 Å². The lowest BCUT2D eigenvalue weighted by Gasteiger charge is -2.34. The van der Waals surface area contributed by atoms with Gasteiger partial charge in [0.2, 0.25) is 10.0 Å². The van der Waals surface area contributed by atoms with Gasteiger partial charge in [-0.05, 0) is 35.4 Å². The smallest absolute Gasteiger partial charge is 0.269 e. The highest BCUT2D eigenvalue weighted by molar-refractivity contribution is 7.89. The van der Waals surface area contributed by atoms with Gasteiger partial charge in [0.15, 0.2) is 0 Å². The molecule has 1 saturated heterocycles. The average Bonchev–Trinajstić information content (AvgIpc) is 2.84. The van der Waals surface area contributed by atoms with Crippen LogP contribution in [0.3, 0.4) is 0 Å². The summed E-state index contributed by atoms with van der Waals surface area (Å²) in [7, 11) is -3.78. The molecule has 0 spiro atoms. The zero-order valence-corrected chi connectivity index (χ0v) is 17.9. The predicted molar refractivity (Wildman–Crippen MR) is 120 cm³/mol. The van der Waals surface area contributed by atoms with E-state index in [2.05, 4.69) is 0 Å². The van der Waals surface area contributed by atoms with Gasteiger partial charge in [-0.2, -0.15) is 4.31 Å². The number of carbonyl (C=O) groups excluding carboxylic acids is 1. The summed E-state index contributed by atoms with van der Waals surface area (Å²) >= 11 is 0. The fourth-order valence-electron chi connectivity index (χ4n) is 3.64. The lowest BCUT2D eigenvalue weighted by atomic mass is 10.0. The van der Waals surface area contributed by atoms with Gasteiger partial charge in [0.1, 0.15) is 0 Å². The van der Waals surface area contributed by atoms with Crippen molar-refractivity contribution < 1.29 is 18.1 Å². The molecule has 1 heterocycles. The first-order chi connectivity index (χ1) is 15.4. The Morgan fingerprint density at radius 3 is 1.91 bits per heavy atom. The molecule has 1 aliphatic heterocycles. The SMILES string of the molecule is O=C(c1ccc(-c2ccccc2)cc1)N1CCN(S(=O)(=O)c2ccc([N+](=O)[O-])cc2)CC1. The molecule has 164 valence electrons. The lowest BCUT2D eigenvalue weighted by molar-refractivity contribution is -0.384. The molecule has 0 unspecified atom stereocenters. The van der Waals surface area contributed by atoms with Crippen LogP contribution in [0.5, 0.6) is 0 Å². The summed E-state index contributed by atoms with van der Waals surface area (Å²) in [5.41, 5.74) is 2.46. The highest BCUT2D eigenvalue weighted by Gasteiger charge is 2.30. The maximum absolute atomic E-state index is 12.9. The predicted octanol–water partition coefficient (Wildman–Crippen LogP) is 3.41. The second kappa shape index (κ2) is 8.89. The third kappa shape index (κ3) is 4.39. The molecule has 0 N–H and O–H groups in total. The maximum atomic E-state index is 12.9. The van der Waals surface area contributed by atoms with Crippen LogP contribution in [0.25, 0.3) is 11.1 Å². The van der Waals surface area contributed by atoms with E-state index in [9.17, 15) is 23.3 Å². The lowest BCUT2D eigenvalue weighted by Crippen LogP contribution is -2.50. The number of sulfonamides is 1. The monoisotopic (exact) mass is 451 g/mol. The fourth-order valence-corrected chi connectivity index (χ4v) is 5.06.